The monoisotopic (exact) mass is 460 g/mol. The normalized spacial score (nSPS) is 21.6. The number of aromatic hydroxyl groups is 4. The van der Waals surface area contributed by atoms with Gasteiger partial charge in [-0.25, -0.2) is 9.59 Å². The molecule has 0 saturated heterocycles. The topological polar surface area (TPSA) is 141 Å². The molecule has 34 heavy (non-hydrogen) atoms. The number of benzene rings is 2. The molecule has 0 radical (unpaired) electrons. The summed E-state index contributed by atoms with van der Waals surface area (Å²) < 4.78 is 10.9. The molecular formula is C26H20O8. The number of phenols is 2. The van der Waals surface area contributed by atoms with Gasteiger partial charge in [-0.2, -0.15) is 0 Å². The Balaban J connectivity index is 1.74. The van der Waals surface area contributed by atoms with Gasteiger partial charge in [0.15, 0.2) is 0 Å². The highest BCUT2D eigenvalue weighted by atomic mass is 16.4. The van der Waals surface area contributed by atoms with E-state index >= 15 is 0 Å². The molecular weight excluding hydrogens is 440 g/mol. The second-order valence-electron chi connectivity index (χ2n) is 8.36. The molecule has 2 heterocycles. The first-order valence-corrected chi connectivity index (χ1v) is 10.6. The van der Waals surface area contributed by atoms with Crippen molar-refractivity contribution in [3.05, 3.63) is 116 Å². The molecule has 0 bridgehead atoms. The SMILES string of the molecule is O=c1cc(O)cc([C@H]2[C@@H](c3ccc(O)cc3)[C@H](c3ccc(O)cc3)[C@@H]2c2cc(O)cc(=O)o2)o1. The van der Waals surface area contributed by atoms with Crippen LogP contribution in [0.1, 0.15) is 46.3 Å². The van der Waals surface area contributed by atoms with Gasteiger partial charge in [-0.1, -0.05) is 24.3 Å². The highest BCUT2D eigenvalue weighted by Crippen LogP contribution is 2.66. The van der Waals surface area contributed by atoms with Crippen molar-refractivity contribution in [2.24, 2.45) is 0 Å². The number of phenolic OH excluding ortho intramolecular Hbond substituents is 2. The van der Waals surface area contributed by atoms with Crippen molar-refractivity contribution >= 4 is 0 Å². The van der Waals surface area contributed by atoms with Crippen molar-refractivity contribution in [2.75, 3.05) is 0 Å². The molecule has 4 aromatic rings. The van der Waals surface area contributed by atoms with Gasteiger partial charge in [0, 0.05) is 35.8 Å². The Morgan fingerprint density at radius 2 is 0.824 bits per heavy atom. The fourth-order valence-electron chi connectivity index (χ4n) is 4.97. The van der Waals surface area contributed by atoms with Crippen LogP contribution in [0.3, 0.4) is 0 Å². The first kappa shape index (κ1) is 21.4. The lowest BCUT2D eigenvalue weighted by molar-refractivity contribution is 0.167. The summed E-state index contributed by atoms with van der Waals surface area (Å²) in [4.78, 5) is 24.2. The van der Waals surface area contributed by atoms with Crippen LogP contribution in [0, 0.1) is 0 Å². The Kier molecular flexibility index (Phi) is 5.13. The summed E-state index contributed by atoms with van der Waals surface area (Å²) in [6.07, 6.45) is 0. The molecule has 2 aromatic heterocycles. The molecule has 8 heteroatoms. The van der Waals surface area contributed by atoms with Crippen LogP contribution in [0.2, 0.25) is 0 Å². The molecule has 0 aliphatic heterocycles. The Morgan fingerprint density at radius 1 is 0.471 bits per heavy atom. The fraction of sp³-hybridized carbons (Fsp3) is 0.154. The maximum Gasteiger partial charge on any atom is 0.339 e. The van der Waals surface area contributed by atoms with E-state index in [-0.39, 0.29) is 46.4 Å². The minimum Gasteiger partial charge on any atom is -0.508 e. The predicted molar refractivity (Wildman–Crippen MR) is 120 cm³/mol. The summed E-state index contributed by atoms with van der Waals surface area (Å²) in [6.45, 7) is 0. The third-order valence-corrected chi connectivity index (χ3v) is 6.31. The summed E-state index contributed by atoms with van der Waals surface area (Å²) in [5.41, 5.74) is 0.156. The van der Waals surface area contributed by atoms with Gasteiger partial charge in [-0.15, -0.1) is 0 Å². The van der Waals surface area contributed by atoms with Crippen molar-refractivity contribution in [1.82, 2.24) is 0 Å². The summed E-state index contributed by atoms with van der Waals surface area (Å²) in [5, 5.41) is 39.7. The summed E-state index contributed by atoms with van der Waals surface area (Å²) in [5.74, 6) is -1.76. The Bertz CT molecular complexity index is 1340. The van der Waals surface area contributed by atoms with Crippen LogP contribution in [0.4, 0.5) is 0 Å². The molecule has 4 atom stereocenters. The van der Waals surface area contributed by atoms with E-state index in [1.54, 1.807) is 48.5 Å². The highest BCUT2D eigenvalue weighted by molar-refractivity contribution is 5.47. The van der Waals surface area contributed by atoms with E-state index in [9.17, 15) is 30.0 Å². The third-order valence-electron chi connectivity index (χ3n) is 6.31. The third kappa shape index (κ3) is 3.79. The molecule has 4 N–H and O–H groups in total. The minimum atomic E-state index is -0.733. The molecule has 172 valence electrons. The standard InChI is InChI=1S/C26H20O8/c27-15-5-1-13(2-6-15)23-24(14-3-7-16(28)8-4-14)26(20-10-18(30)12-22(32)34-20)25(23)19-9-17(29)11-21(31)33-19/h1-12,23-30H/t23-,24-,25-,26-/m0/s1. The van der Waals surface area contributed by atoms with Crippen molar-refractivity contribution < 1.29 is 29.3 Å². The first-order chi connectivity index (χ1) is 16.3. The average Bonchev–Trinajstić information content (AvgIpc) is 2.74. The number of hydrogen-bond donors (Lipinski definition) is 4. The van der Waals surface area contributed by atoms with Gasteiger partial charge < -0.3 is 29.3 Å². The Hall–Kier alpha value is -4.46. The van der Waals surface area contributed by atoms with Gasteiger partial charge in [-0.05, 0) is 35.4 Å². The van der Waals surface area contributed by atoms with Crippen LogP contribution in [0.15, 0.2) is 91.2 Å². The van der Waals surface area contributed by atoms with Crippen molar-refractivity contribution in [2.45, 2.75) is 23.7 Å². The molecule has 5 rings (SSSR count). The molecule has 1 aliphatic rings. The zero-order valence-electron chi connectivity index (χ0n) is 17.7. The predicted octanol–water partition coefficient (Wildman–Crippen LogP) is 3.86. The van der Waals surface area contributed by atoms with Crippen LogP contribution < -0.4 is 11.3 Å². The van der Waals surface area contributed by atoms with Crippen molar-refractivity contribution in [3.8, 4) is 23.0 Å². The quantitative estimate of drug-likeness (QED) is 0.360. The van der Waals surface area contributed by atoms with E-state index in [0.29, 0.717) is 0 Å². The lowest BCUT2D eigenvalue weighted by Crippen LogP contribution is -2.40. The molecule has 0 amide bonds. The number of hydrogen-bond acceptors (Lipinski definition) is 8. The van der Waals surface area contributed by atoms with Crippen LogP contribution >= 0.6 is 0 Å². The van der Waals surface area contributed by atoms with E-state index in [0.717, 1.165) is 23.3 Å². The molecule has 1 saturated carbocycles. The van der Waals surface area contributed by atoms with E-state index in [2.05, 4.69) is 0 Å². The van der Waals surface area contributed by atoms with E-state index in [1.165, 1.54) is 12.1 Å². The molecule has 0 unspecified atom stereocenters. The molecule has 8 nitrogen and oxygen atoms in total. The molecule has 0 spiro atoms. The first-order valence-electron chi connectivity index (χ1n) is 10.6. The zero-order chi connectivity index (χ0) is 24.0. The molecule has 2 aromatic carbocycles. The second-order valence-corrected chi connectivity index (χ2v) is 8.36. The zero-order valence-corrected chi connectivity index (χ0v) is 17.7. The average molecular weight is 460 g/mol. The number of rotatable bonds is 4. The van der Waals surface area contributed by atoms with E-state index in [1.807, 2.05) is 0 Å². The van der Waals surface area contributed by atoms with Crippen molar-refractivity contribution in [1.29, 1.82) is 0 Å². The maximum atomic E-state index is 12.1. The Morgan fingerprint density at radius 3 is 1.15 bits per heavy atom. The Labute approximate surface area is 192 Å². The summed E-state index contributed by atoms with van der Waals surface area (Å²) in [7, 11) is 0. The van der Waals surface area contributed by atoms with E-state index in [4.69, 9.17) is 8.83 Å². The van der Waals surface area contributed by atoms with Crippen LogP contribution in [-0.4, -0.2) is 20.4 Å². The van der Waals surface area contributed by atoms with Crippen LogP contribution in [0.25, 0.3) is 0 Å². The van der Waals surface area contributed by atoms with Gasteiger partial charge >= 0.3 is 11.3 Å². The fourth-order valence-corrected chi connectivity index (χ4v) is 4.97. The van der Waals surface area contributed by atoms with Crippen molar-refractivity contribution in [3.63, 3.8) is 0 Å². The highest BCUT2D eigenvalue weighted by Gasteiger charge is 2.55. The second kappa shape index (κ2) is 8.15. The van der Waals surface area contributed by atoms with Gasteiger partial charge in [0.2, 0.25) is 0 Å². The van der Waals surface area contributed by atoms with Gasteiger partial charge in [-0.3, -0.25) is 0 Å². The minimum absolute atomic E-state index is 0.0835. The van der Waals surface area contributed by atoms with Gasteiger partial charge in [0.25, 0.3) is 0 Å². The van der Waals surface area contributed by atoms with E-state index < -0.39 is 23.1 Å². The lowest BCUT2D eigenvalue weighted by Gasteiger charge is -2.51. The largest absolute Gasteiger partial charge is 0.508 e. The molecule has 1 fully saturated rings. The smallest absolute Gasteiger partial charge is 0.339 e. The van der Waals surface area contributed by atoms with Gasteiger partial charge in [0.1, 0.15) is 34.5 Å². The van der Waals surface area contributed by atoms with Crippen LogP contribution in [-0.2, 0) is 0 Å². The summed E-state index contributed by atoms with van der Waals surface area (Å²) in [6, 6.07) is 17.8. The maximum absolute atomic E-state index is 12.1. The van der Waals surface area contributed by atoms with Gasteiger partial charge in [0.05, 0.1) is 12.1 Å². The van der Waals surface area contributed by atoms with Crippen LogP contribution in [0.5, 0.6) is 23.0 Å². The lowest BCUT2D eigenvalue weighted by atomic mass is 9.51. The molecule has 1 aliphatic carbocycles. The summed E-state index contributed by atoms with van der Waals surface area (Å²) >= 11 is 0.